The lowest BCUT2D eigenvalue weighted by Crippen LogP contribution is -2.57. The van der Waals surface area contributed by atoms with Crippen molar-refractivity contribution in [2.45, 2.75) is 63.5 Å². The van der Waals surface area contributed by atoms with Crippen LogP contribution in [0.4, 0.5) is 5.69 Å². The second-order valence-corrected chi connectivity index (χ2v) is 8.19. The van der Waals surface area contributed by atoms with Crippen LogP contribution in [0.2, 0.25) is 0 Å². The molecule has 0 atom stereocenters. The van der Waals surface area contributed by atoms with Crippen LogP contribution in [0.1, 0.15) is 51.6 Å². The Kier molecular flexibility index (Phi) is 4.13. The summed E-state index contributed by atoms with van der Waals surface area (Å²) in [4.78, 5) is 21.9. The maximum atomic E-state index is 13.0. The first kappa shape index (κ1) is 17.0. The van der Waals surface area contributed by atoms with E-state index in [4.69, 9.17) is 0 Å². The summed E-state index contributed by atoms with van der Waals surface area (Å²) in [7, 11) is -1.57. The van der Waals surface area contributed by atoms with Crippen LogP contribution in [0.15, 0.2) is 12.3 Å². The second-order valence-electron chi connectivity index (χ2n) is 8.19. The van der Waals surface area contributed by atoms with Gasteiger partial charge >= 0.3 is 7.12 Å². The highest BCUT2D eigenvalue weighted by Gasteiger charge is 2.51. The molecular formula is C18H26BN3O3. The normalized spacial score (nSPS) is 28.6. The Labute approximate surface area is 149 Å². The summed E-state index contributed by atoms with van der Waals surface area (Å²) in [6.07, 6.45) is 7.33. The number of likely N-dealkylation sites (tertiary alicyclic amines) is 1. The van der Waals surface area contributed by atoms with Crippen molar-refractivity contribution in [3.05, 3.63) is 18.0 Å². The van der Waals surface area contributed by atoms with Crippen molar-refractivity contribution < 1.29 is 14.8 Å². The van der Waals surface area contributed by atoms with Crippen LogP contribution in [0.3, 0.4) is 0 Å². The van der Waals surface area contributed by atoms with Crippen molar-refractivity contribution in [3.63, 3.8) is 0 Å². The number of rotatable bonds is 3. The molecule has 1 aromatic rings. The smallest absolute Gasteiger partial charge is 0.423 e. The number of piperidine rings is 1. The largest absolute Gasteiger partial charge is 0.490 e. The Morgan fingerprint density at radius 3 is 2.48 bits per heavy atom. The Morgan fingerprint density at radius 1 is 1.16 bits per heavy atom. The van der Waals surface area contributed by atoms with E-state index in [1.54, 1.807) is 6.07 Å². The van der Waals surface area contributed by atoms with Gasteiger partial charge in [-0.25, -0.2) is 0 Å². The quantitative estimate of drug-likeness (QED) is 0.777. The summed E-state index contributed by atoms with van der Waals surface area (Å²) < 4.78 is 0. The van der Waals surface area contributed by atoms with Crippen molar-refractivity contribution in [3.8, 4) is 0 Å². The number of carbonyl (C=O) groups is 1. The first-order valence-corrected chi connectivity index (χ1v) is 9.34. The van der Waals surface area contributed by atoms with E-state index in [0.29, 0.717) is 11.5 Å². The van der Waals surface area contributed by atoms with Gasteiger partial charge in [0.1, 0.15) is 0 Å². The standard InChI is InChI=1S/C18H26BN3O3/c1-18(2)16-15(8-12(11-20-16)19(24)25)22(17(18)23)14-9-13(10-14)21-6-4-3-5-7-21/h8,11,13-14,24-25H,3-7,9-10H2,1-2H3/t13-,14+. The Morgan fingerprint density at radius 2 is 1.84 bits per heavy atom. The third-order valence-corrected chi connectivity index (χ3v) is 6.15. The maximum absolute atomic E-state index is 13.0. The SMILES string of the molecule is CC1(C)C(=O)N([C@H]2C[C@@H](N3CCCCC3)C2)c2cc(B(O)O)cnc21. The molecule has 1 saturated carbocycles. The van der Waals surface area contributed by atoms with Gasteiger partial charge in [0, 0.05) is 23.7 Å². The minimum absolute atomic E-state index is 0.0710. The van der Waals surface area contributed by atoms with E-state index < -0.39 is 12.5 Å². The summed E-state index contributed by atoms with van der Waals surface area (Å²) >= 11 is 0. The summed E-state index contributed by atoms with van der Waals surface area (Å²) in [5.41, 5.74) is 1.16. The van der Waals surface area contributed by atoms with Crippen LogP contribution in [-0.2, 0) is 10.2 Å². The minimum Gasteiger partial charge on any atom is -0.423 e. The molecule has 7 heteroatoms. The van der Waals surface area contributed by atoms with Crippen LogP contribution in [-0.4, -0.2) is 58.1 Å². The highest BCUT2D eigenvalue weighted by Crippen LogP contribution is 2.45. The molecule has 1 saturated heterocycles. The molecule has 134 valence electrons. The third-order valence-electron chi connectivity index (χ3n) is 6.15. The molecule has 1 aromatic heterocycles. The van der Waals surface area contributed by atoms with E-state index >= 15 is 0 Å². The predicted molar refractivity (Wildman–Crippen MR) is 96.8 cm³/mol. The Bertz CT molecular complexity index is 682. The number of anilines is 1. The van der Waals surface area contributed by atoms with Crippen LogP contribution in [0.5, 0.6) is 0 Å². The van der Waals surface area contributed by atoms with E-state index in [0.717, 1.165) is 24.2 Å². The van der Waals surface area contributed by atoms with Crippen molar-refractivity contribution >= 4 is 24.2 Å². The molecule has 0 unspecified atom stereocenters. The highest BCUT2D eigenvalue weighted by atomic mass is 16.4. The molecule has 0 aromatic carbocycles. The van der Waals surface area contributed by atoms with Crippen LogP contribution in [0.25, 0.3) is 0 Å². The average molecular weight is 343 g/mol. The summed E-state index contributed by atoms with van der Waals surface area (Å²) in [5, 5.41) is 18.9. The van der Waals surface area contributed by atoms with Crippen molar-refractivity contribution in [2.24, 2.45) is 0 Å². The third kappa shape index (κ3) is 2.69. The molecule has 6 nitrogen and oxygen atoms in total. The lowest BCUT2D eigenvalue weighted by atomic mass is 9.80. The number of hydrogen-bond acceptors (Lipinski definition) is 5. The number of nitrogens with zero attached hydrogens (tertiary/aromatic N) is 3. The highest BCUT2D eigenvalue weighted by molar-refractivity contribution is 6.58. The lowest BCUT2D eigenvalue weighted by Gasteiger charge is -2.47. The average Bonchev–Trinajstić information content (AvgIpc) is 2.75. The molecule has 4 rings (SSSR count). The fourth-order valence-electron chi connectivity index (χ4n) is 4.50. The molecule has 0 radical (unpaired) electrons. The van der Waals surface area contributed by atoms with Gasteiger partial charge in [-0.3, -0.25) is 9.78 Å². The van der Waals surface area contributed by atoms with Gasteiger partial charge in [0.15, 0.2) is 0 Å². The fourth-order valence-corrected chi connectivity index (χ4v) is 4.50. The molecule has 2 fully saturated rings. The van der Waals surface area contributed by atoms with Crippen molar-refractivity contribution in [1.29, 1.82) is 0 Å². The van der Waals surface area contributed by atoms with Crippen LogP contribution < -0.4 is 10.4 Å². The summed E-state index contributed by atoms with van der Waals surface area (Å²) in [5.74, 6) is 0.0710. The van der Waals surface area contributed by atoms with E-state index in [-0.39, 0.29) is 11.9 Å². The number of pyridine rings is 1. The molecule has 2 aliphatic heterocycles. The Balaban J connectivity index is 1.57. The summed E-state index contributed by atoms with van der Waals surface area (Å²) in [6.45, 7) is 6.15. The lowest BCUT2D eigenvalue weighted by molar-refractivity contribution is -0.123. The van der Waals surface area contributed by atoms with Gasteiger partial charge in [-0.2, -0.15) is 0 Å². The van der Waals surface area contributed by atoms with E-state index in [1.165, 1.54) is 38.5 Å². The summed E-state index contributed by atoms with van der Waals surface area (Å²) in [6, 6.07) is 2.48. The van der Waals surface area contributed by atoms with E-state index in [2.05, 4.69) is 9.88 Å². The molecule has 3 aliphatic rings. The van der Waals surface area contributed by atoms with Gasteiger partial charge in [-0.15, -0.1) is 0 Å². The molecule has 0 spiro atoms. The molecule has 3 heterocycles. The maximum Gasteiger partial charge on any atom is 0.490 e. The zero-order valence-electron chi connectivity index (χ0n) is 15.0. The first-order valence-electron chi connectivity index (χ1n) is 9.34. The van der Waals surface area contributed by atoms with E-state index in [9.17, 15) is 14.8 Å². The molecule has 1 aliphatic carbocycles. The molecular weight excluding hydrogens is 317 g/mol. The zero-order valence-corrected chi connectivity index (χ0v) is 15.0. The van der Waals surface area contributed by atoms with Crippen LogP contribution >= 0.6 is 0 Å². The minimum atomic E-state index is -1.57. The molecule has 0 bridgehead atoms. The van der Waals surface area contributed by atoms with Crippen LogP contribution in [0, 0.1) is 0 Å². The monoisotopic (exact) mass is 343 g/mol. The Hall–Kier alpha value is -1.44. The number of carbonyl (C=O) groups excluding carboxylic acids is 1. The topological polar surface area (TPSA) is 76.9 Å². The second kappa shape index (κ2) is 6.07. The first-order chi connectivity index (χ1) is 11.9. The van der Waals surface area contributed by atoms with Gasteiger partial charge in [-0.05, 0) is 58.7 Å². The number of fused-ring (bicyclic) bond motifs is 1. The van der Waals surface area contributed by atoms with Gasteiger partial charge in [-0.1, -0.05) is 6.42 Å². The van der Waals surface area contributed by atoms with Crippen molar-refractivity contribution in [1.82, 2.24) is 9.88 Å². The number of amides is 1. The van der Waals surface area contributed by atoms with Gasteiger partial charge < -0.3 is 19.8 Å². The molecule has 2 N–H and O–H groups in total. The van der Waals surface area contributed by atoms with Crippen molar-refractivity contribution in [2.75, 3.05) is 18.0 Å². The van der Waals surface area contributed by atoms with E-state index in [1.807, 2.05) is 18.7 Å². The molecule has 25 heavy (non-hydrogen) atoms. The van der Waals surface area contributed by atoms with Gasteiger partial charge in [0.25, 0.3) is 0 Å². The fraction of sp³-hybridized carbons (Fsp3) is 0.667. The predicted octanol–water partition coefficient (Wildman–Crippen LogP) is 0.402. The number of hydrogen-bond donors (Lipinski definition) is 2. The molecule has 1 amide bonds. The number of aromatic nitrogens is 1. The zero-order chi connectivity index (χ0) is 17.8. The van der Waals surface area contributed by atoms with Gasteiger partial charge in [0.05, 0.1) is 16.8 Å². The van der Waals surface area contributed by atoms with Gasteiger partial charge in [0.2, 0.25) is 5.91 Å².